The minimum absolute atomic E-state index is 0.0655. The van der Waals surface area contributed by atoms with Crippen LogP contribution in [0.3, 0.4) is 0 Å². The smallest absolute Gasteiger partial charge is 0.195 e. The molecule has 2 aromatic carbocycles. The van der Waals surface area contributed by atoms with Crippen LogP contribution in [-0.4, -0.2) is 5.78 Å². The maximum atomic E-state index is 11.5. The van der Waals surface area contributed by atoms with Crippen molar-refractivity contribution >= 4 is 16.8 Å². The largest absolute Gasteiger partial charge is 0.457 e. The third kappa shape index (κ3) is 2.18. The number of carbonyl (C=O) groups excluding carboxylic acids is 1. The molecule has 0 radical (unpaired) electrons. The number of fused-ring (bicyclic) bond motifs is 1. The van der Waals surface area contributed by atoms with Gasteiger partial charge in [-0.3, -0.25) is 4.79 Å². The molecule has 1 heterocycles. The predicted octanol–water partition coefficient (Wildman–Crippen LogP) is 4.74. The highest BCUT2D eigenvalue weighted by Gasteiger charge is 2.14. The normalized spacial score (nSPS) is 10.7. The molecule has 0 aliphatic heterocycles. The van der Waals surface area contributed by atoms with Gasteiger partial charge in [0.25, 0.3) is 0 Å². The second-order valence-electron chi connectivity index (χ2n) is 4.69. The van der Waals surface area contributed by atoms with Crippen molar-refractivity contribution in [2.24, 2.45) is 0 Å². The van der Waals surface area contributed by atoms with Crippen LogP contribution in [-0.2, 0) is 0 Å². The molecular weight excluding hydrogens is 252 g/mol. The minimum atomic E-state index is -0.0655. The summed E-state index contributed by atoms with van der Waals surface area (Å²) in [5, 5.41) is 0.906. The van der Waals surface area contributed by atoms with Gasteiger partial charge in [0.15, 0.2) is 11.5 Å². The number of Topliss-reactive ketones (excluding diaryl/α,β-unsaturated/α-hetero) is 1. The Morgan fingerprint density at radius 2 is 1.80 bits per heavy atom. The molecule has 0 spiro atoms. The van der Waals surface area contributed by atoms with Crippen LogP contribution in [0.4, 0.5) is 0 Å². The van der Waals surface area contributed by atoms with Crippen LogP contribution >= 0.6 is 0 Å². The Morgan fingerprint density at radius 3 is 2.50 bits per heavy atom. The van der Waals surface area contributed by atoms with Crippen LogP contribution in [0.5, 0.6) is 11.5 Å². The zero-order valence-electron chi connectivity index (χ0n) is 11.3. The predicted molar refractivity (Wildman–Crippen MR) is 77.5 cm³/mol. The monoisotopic (exact) mass is 266 g/mol. The van der Waals surface area contributed by atoms with Crippen LogP contribution in [0.25, 0.3) is 11.0 Å². The molecule has 20 heavy (non-hydrogen) atoms. The van der Waals surface area contributed by atoms with E-state index < -0.39 is 0 Å². The van der Waals surface area contributed by atoms with Crippen molar-refractivity contribution in [3.05, 3.63) is 59.9 Å². The van der Waals surface area contributed by atoms with Gasteiger partial charge < -0.3 is 9.15 Å². The SMILES string of the molecule is CC(=O)c1oc2ccc(Oc3ccccc3)cc2c1C. The number of benzene rings is 2. The molecule has 0 atom stereocenters. The van der Waals surface area contributed by atoms with Crippen molar-refractivity contribution < 1.29 is 13.9 Å². The molecule has 0 bridgehead atoms. The number of furan rings is 1. The van der Waals surface area contributed by atoms with E-state index in [-0.39, 0.29) is 5.78 Å². The second-order valence-corrected chi connectivity index (χ2v) is 4.69. The van der Waals surface area contributed by atoms with E-state index in [0.717, 1.165) is 22.4 Å². The van der Waals surface area contributed by atoms with Crippen molar-refractivity contribution in [3.63, 3.8) is 0 Å². The number of ether oxygens (including phenoxy) is 1. The molecule has 1 aromatic heterocycles. The van der Waals surface area contributed by atoms with Gasteiger partial charge in [0, 0.05) is 17.9 Å². The average molecular weight is 266 g/mol. The van der Waals surface area contributed by atoms with E-state index >= 15 is 0 Å². The Bertz CT molecular complexity index is 770. The number of carbonyl (C=O) groups is 1. The minimum Gasteiger partial charge on any atom is -0.457 e. The fourth-order valence-electron chi connectivity index (χ4n) is 2.22. The third-order valence-electron chi connectivity index (χ3n) is 3.21. The summed E-state index contributed by atoms with van der Waals surface area (Å²) in [6.45, 7) is 3.39. The summed E-state index contributed by atoms with van der Waals surface area (Å²) < 4.78 is 11.3. The number of rotatable bonds is 3. The molecule has 0 N–H and O–H groups in total. The molecule has 3 heteroatoms. The molecule has 0 unspecified atom stereocenters. The van der Waals surface area contributed by atoms with Gasteiger partial charge in [0.2, 0.25) is 0 Å². The van der Waals surface area contributed by atoms with Gasteiger partial charge in [-0.05, 0) is 37.3 Å². The second kappa shape index (κ2) is 4.85. The van der Waals surface area contributed by atoms with Gasteiger partial charge in [-0.2, -0.15) is 0 Å². The maximum Gasteiger partial charge on any atom is 0.195 e. The first-order chi connectivity index (χ1) is 9.65. The Labute approximate surface area is 116 Å². The summed E-state index contributed by atoms with van der Waals surface area (Å²) in [6, 6.07) is 15.1. The van der Waals surface area contributed by atoms with E-state index in [1.807, 2.05) is 55.5 Å². The van der Waals surface area contributed by atoms with Gasteiger partial charge in [-0.25, -0.2) is 0 Å². The maximum absolute atomic E-state index is 11.5. The lowest BCUT2D eigenvalue weighted by atomic mass is 10.1. The average Bonchev–Trinajstić information content (AvgIpc) is 2.77. The Balaban J connectivity index is 2.02. The fourth-order valence-corrected chi connectivity index (χ4v) is 2.22. The van der Waals surface area contributed by atoms with Gasteiger partial charge in [0.1, 0.15) is 17.1 Å². The van der Waals surface area contributed by atoms with Crippen molar-refractivity contribution in [1.29, 1.82) is 0 Å². The molecular formula is C17H14O3. The van der Waals surface area contributed by atoms with Crippen molar-refractivity contribution in [3.8, 4) is 11.5 Å². The molecule has 0 amide bonds. The Hall–Kier alpha value is -2.55. The number of para-hydroxylation sites is 1. The summed E-state index contributed by atoms with van der Waals surface area (Å²) in [5.41, 5.74) is 1.55. The first kappa shape index (κ1) is 12.5. The molecule has 3 aromatic rings. The summed E-state index contributed by atoms with van der Waals surface area (Å²) in [5.74, 6) is 1.85. The topological polar surface area (TPSA) is 39.4 Å². The summed E-state index contributed by atoms with van der Waals surface area (Å²) in [6.07, 6.45) is 0. The lowest BCUT2D eigenvalue weighted by molar-refractivity contribution is 0.0988. The van der Waals surface area contributed by atoms with E-state index in [9.17, 15) is 4.79 Å². The lowest BCUT2D eigenvalue weighted by Gasteiger charge is -2.05. The first-order valence-electron chi connectivity index (χ1n) is 6.42. The van der Waals surface area contributed by atoms with Crippen LogP contribution in [0.1, 0.15) is 23.0 Å². The van der Waals surface area contributed by atoms with Crippen LogP contribution in [0, 0.1) is 6.92 Å². The Morgan fingerprint density at radius 1 is 1.05 bits per heavy atom. The van der Waals surface area contributed by atoms with Crippen molar-refractivity contribution in [1.82, 2.24) is 0 Å². The zero-order valence-corrected chi connectivity index (χ0v) is 11.3. The number of hydrogen-bond donors (Lipinski definition) is 0. The van der Waals surface area contributed by atoms with Gasteiger partial charge in [0.05, 0.1) is 0 Å². The van der Waals surface area contributed by atoms with E-state index in [2.05, 4.69) is 0 Å². The number of hydrogen-bond acceptors (Lipinski definition) is 3. The van der Waals surface area contributed by atoms with Gasteiger partial charge in [-0.15, -0.1) is 0 Å². The summed E-state index contributed by atoms with van der Waals surface area (Å²) >= 11 is 0. The Kier molecular flexibility index (Phi) is 3.03. The van der Waals surface area contributed by atoms with Crippen molar-refractivity contribution in [2.75, 3.05) is 0 Å². The molecule has 0 fully saturated rings. The fraction of sp³-hybridized carbons (Fsp3) is 0.118. The molecule has 100 valence electrons. The van der Waals surface area contributed by atoms with Crippen LogP contribution in [0.15, 0.2) is 52.9 Å². The number of ketones is 1. The first-order valence-corrected chi connectivity index (χ1v) is 6.42. The quantitative estimate of drug-likeness (QED) is 0.643. The summed E-state index contributed by atoms with van der Waals surface area (Å²) in [7, 11) is 0. The van der Waals surface area contributed by atoms with E-state index in [1.54, 1.807) is 0 Å². The molecule has 0 saturated carbocycles. The molecule has 3 rings (SSSR count). The zero-order chi connectivity index (χ0) is 14.1. The van der Waals surface area contributed by atoms with E-state index in [4.69, 9.17) is 9.15 Å². The van der Waals surface area contributed by atoms with Crippen LogP contribution < -0.4 is 4.74 Å². The highest BCUT2D eigenvalue weighted by Crippen LogP contribution is 2.31. The third-order valence-corrected chi connectivity index (χ3v) is 3.21. The van der Waals surface area contributed by atoms with Crippen LogP contribution in [0.2, 0.25) is 0 Å². The van der Waals surface area contributed by atoms with Crippen molar-refractivity contribution in [2.45, 2.75) is 13.8 Å². The standard InChI is InChI=1S/C17H14O3/c1-11-15-10-14(19-13-6-4-3-5-7-13)8-9-16(15)20-17(11)12(2)18/h3-10H,1-2H3. The highest BCUT2D eigenvalue weighted by atomic mass is 16.5. The lowest BCUT2D eigenvalue weighted by Crippen LogP contribution is -1.90. The van der Waals surface area contributed by atoms with E-state index in [1.165, 1.54) is 6.92 Å². The highest BCUT2D eigenvalue weighted by molar-refractivity contribution is 5.99. The van der Waals surface area contributed by atoms with Gasteiger partial charge in [-0.1, -0.05) is 18.2 Å². The molecule has 3 nitrogen and oxygen atoms in total. The number of aryl methyl sites for hydroxylation is 1. The molecule has 0 aliphatic carbocycles. The van der Waals surface area contributed by atoms with E-state index in [0.29, 0.717) is 11.3 Å². The molecule has 0 saturated heterocycles. The van der Waals surface area contributed by atoms with Gasteiger partial charge >= 0.3 is 0 Å². The molecule has 0 aliphatic rings. The summed E-state index contributed by atoms with van der Waals surface area (Å²) in [4.78, 5) is 11.5.